The van der Waals surface area contributed by atoms with Gasteiger partial charge in [0, 0.05) is 18.2 Å². The number of rotatable bonds is 7. The molecule has 0 spiro atoms. The number of alkyl halides is 3. The van der Waals surface area contributed by atoms with Crippen molar-refractivity contribution in [2.24, 2.45) is 10.3 Å². The van der Waals surface area contributed by atoms with Gasteiger partial charge in [0.05, 0.1) is 11.8 Å². The maximum absolute atomic E-state index is 12.8. The molecule has 1 amide bonds. The minimum Gasteiger partial charge on any atom is -0.398 e. The summed E-state index contributed by atoms with van der Waals surface area (Å²) in [6, 6.07) is 10.0. The third kappa shape index (κ3) is 5.81. The molecule has 9 heteroatoms. The molecule has 0 unspecified atom stereocenters. The van der Waals surface area contributed by atoms with Crippen molar-refractivity contribution in [2.75, 3.05) is 14.2 Å². The summed E-state index contributed by atoms with van der Waals surface area (Å²) in [7, 11) is 2.80. The number of halogens is 3. The first-order chi connectivity index (χ1) is 13.8. The van der Waals surface area contributed by atoms with Crippen LogP contribution < -0.4 is 5.32 Å². The highest BCUT2D eigenvalue weighted by molar-refractivity contribution is 6.45. The summed E-state index contributed by atoms with van der Waals surface area (Å²) in [6.07, 6.45) is -3.24. The van der Waals surface area contributed by atoms with Gasteiger partial charge in [0.25, 0.3) is 5.91 Å². The molecule has 0 aromatic heterocycles. The molecular formula is C20H20F3N3O3. The van der Waals surface area contributed by atoms with Crippen LogP contribution in [0.25, 0.3) is 0 Å². The zero-order chi connectivity index (χ0) is 21.4. The lowest BCUT2D eigenvalue weighted by Gasteiger charge is -2.12. The van der Waals surface area contributed by atoms with E-state index in [4.69, 9.17) is 9.68 Å². The van der Waals surface area contributed by atoms with Crippen molar-refractivity contribution in [1.82, 2.24) is 5.32 Å². The van der Waals surface area contributed by atoms with Crippen LogP contribution in [0.3, 0.4) is 0 Å². The summed E-state index contributed by atoms with van der Waals surface area (Å²) in [5, 5.41) is 10.0. The largest absolute Gasteiger partial charge is 0.416 e. The van der Waals surface area contributed by atoms with Crippen LogP contribution in [-0.2, 0) is 27.3 Å². The molecule has 2 aromatic rings. The second-order valence-electron chi connectivity index (χ2n) is 5.93. The fourth-order valence-electron chi connectivity index (χ4n) is 2.53. The number of nitrogens with zero attached hydrogens (tertiary/aromatic N) is 2. The Morgan fingerprint density at radius 1 is 1.21 bits per heavy atom. The Labute approximate surface area is 166 Å². The predicted molar refractivity (Wildman–Crippen MR) is 103 cm³/mol. The van der Waals surface area contributed by atoms with Gasteiger partial charge in [0.15, 0.2) is 5.71 Å². The molecular weight excluding hydrogens is 387 g/mol. The monoisotopic (exact) mass is 407 g/mol. The highest BCUT2D eigenvalue weighted by atomic mass is 19.4. The quantitative estimate of drug-likeness (QED) is 0.562. The van der Waals surface area contributed by atoms with E-state index in [1.165, 1.54) is 32.5 Å². The minimum atomic E-state index is -4.43. The van der Waals surface area contributed by atoms with Crippen LogP contribution in [0.1, 0.15) is 27.8 Å². The van der Waals surface area contributed by atoms with E-state index >= 15 is 0 Å². The van der Waals surface area contributed by atoms with Gasteiger partial charge in [-0.05, 0) is 30.2 Å². The molecule has 0 aliphatic rings. The molecule has 1 N–H and O–H groups in total. The third-order valence-electron chi connectivity index (χ3n) is 3.99. The molecule has 2 rings (SSSR count). The van der Waals surface area contributed by atoms with E-state index in [9.17, 15) is 18.0 Å². The maximum Gasteiger partial charge on any atom is 0.416 e. The lowest BCUT2D eigenvalue weighted by atomic mass is 9.98. The average Bonchev–Trinajstić information content (AvgIpc) is 2.69. The van der Waals surface area contributed by atoms with Gasteiger partial charge in [-0.25, -0.2) is 0 Å². The lowest BCUT2D eigenvalue weighted by molar-refractivity contribution is -0.137. The van der Waals surface area contributed by atoms with Crippen molar-refractivity contribution < 1.29 is 27.6 Å². The molecule has 0 bridgehead atoms. The highest BCUT2D eigenvalue weighted by Crippen LogP contribution is 2.29. The summed E-state index contributed by atoms with van der Waals surface area (Å²) in [5.41, 5.74) is 1.52. The predicted octanol–water partition coefficient (Wildman–Crippen LogP) is 3.66. The number of carbonyl (C=O) groups is 1. The van der Waals surface area contributed by atoms with Gasteiger partial charge in [0.1, 0.15) is 13.7 Å². The van der Waals surface area contributed by atoms with Gasteiger partial charge in [0.2, 0.25) is 0 Å². The fourth-order valence-corrected chi connectivity index (χ4v) is 2.53. The highest BCUT2D eigenvalue weighted by Gasteiger charge is 2.30. The average molecular weight is 407 g/mol. The van der Waals surface area contributed by atoms with Gasteiger partial charge >= 0.3 is 6.18 Å². The first kappa shape index (κ1) is 21.9. The molecule has 0 fully saturated rings. The number of hydrogen-bond donors (Lipinski definition) is 1. The maximum atomic E-state index is 12.8. The van der Waals surface area contributed by atoms with Crippen LogP contribution in [0.15, 0.2) is 52.8 Å². The number of oxime groups is 2. The standard InChI is InChI=1S/C20H20F3N3O3/c1-13-6-4-9-16(18(26-28-3)19(27)24-2)17(13)12-29-25-11-14-7-5-8-15(10-14)20(21,22)23/h4-11H,12H2,1-3H3,(H,24,27)/b25-11+,26-18+. The topological polar surface area (TPSA) is 72.3 Å². The summed E-state index contributed by atoms with van der Waals surface area (Å²) in [6.45, 7) is 1.81. The Bertz CT molecular complexity index is 925. The zero-order valence-electron chi connectivity index (χ0n) is 16.1. The van der Waals surface area contributed by atoms with Crippen molar-refractivity contribution in [3.63, 3.8) is 0 Å². The lowest BCUT2D eigenvalue weighted by Crippen LogP contribution is -2.29. The molecule has 0 aliphatic heterocycles. The molecule has 2 aromatic carbocycles. The van der Waals surface area contributed by atoms with Gasteiger partial charge in [-0.15, -0.1) is 0 Å². The molecule has 6 nitrogen and oxygen atoms in total. The smallest absolute Gasteiger partial charge is 0.398 e. The van der Waals surface area contributed by atoms with E-state index in [2.05, 4.69) is 15.6 Å². The number of benzene rings is 2. The van der Waals surface area contributed by atoms with E-state index in [0.29, 0.717) is 11.1 Å². The number of likely N-dealkylation sites (N-methyl/N-ethyl adjacent to an activating group) is 1. The van der Waals surface area contributed by atoms with Crippen LogP contribution in [-0.4, -0.2) is 32.0 Å². The van der Waals surface area contributed by atoms with E-state index in [1.54, 1.807) is 12.1 Å². The molecule has 0 aliphatic carbocycles. The SMILES string of the molecule is CNC(=O)/C(=N/OC)c1cccc(C)c1CO/N=C/c1cccc(C(F)(F)F)c1. The summed E-state index contributed by atoms with van der Waals surface area (Å²) in [4.78, 5) is 22.1. The van der Waals surface area contributed by atoms with Crippen LogP contribution in [0.4, 0.5) is 13.2 Å². The normalized spacial score (nSPS) is 12.1. The number of carbonyl (C=O) groups excluding carboxylic acids is 1. The first-order valence-electron chi connectivity index (χ1n) is 8.52. The van der Waals surface area contributed by atoms with Crippen molar-refractivity contribution in [1.29, 1.82) is 0 Å². The summed E-state index contributed by atoms with van der Waals surface area (Å²) < 4.78 is 38.3. The molecule has 154 valence electrons. The molecule has 0 saturated heterocycles. The van der Waals surface area contributed by atoms with E-state index < -0.39 is 17.6 Å². The van der Waals surface area contributed by atoms with Gasteiger partial charge in [-0.1, -0.05) is 40.6 Å². The fraction of sp³-hybridized carbons (Fsp3) is 0.250. The van der Waals surface area contributed by atoms with E-state index in [-0.39, 0.29) is 17.9 Å². The molecule has 0 atom stereocenters. The van der Waals surface area contributed by atoms with Crippen LogP contribution in [0, 0.1) is 6.92 Å². The number of aryl methyl sites for hydroxylation is 1. The molecule has 0 radical (unpaired) electrons. The Morgan fingerprint density at radius 3 is 2.59 bits per heavy atom. The molecule has 0 heterocycles. The Kier molecular flexibility index (Phi) is 7.35. The van der Waals surface area contributed by atoms with Crippen LogP contribution in [0.2, 0.25) is 0 Å². The number of hydrogen-bond acceptors (Lipinski definition) is 5. The molecule has 29 heavy (non-hydrogen) atoms. The minimum absolute atomic E-state index is 0.0167. The summed E-state index contributed by atoms with van der Waals surface area (Å²) >= 11 is 0. The first-order valence-corrected chi connectivity index (χ1v) is 8.52. The van der Waals surface area contributed by atoms with Crippen LogP contribution >= 0.6 is 0 Å². The van der Waals surface area contributed by atoms with E-state index in [1.807, 2.05) is 13.0 Å². The van der Waals surface area contributed by atoms with Crippen molar-refractivity contribution >= 4 is 17.8 Å². The second-order valence-corrected chi connectivity index (χ2v) is 5.93. The van der Waals surface area contributed by atoms with Gasteiger partial charge < -0.3 is 15.0 Å². The van der Waals surface area contributed by atoms with Gasteiger partial charge in [-0.2, -0.15) is 13.2 Å². The Balaban J connectivity index is 2.20. The van der Waals surface area contributed by atoms with E-state index in [0.717, 1.165) is 17.7 Å². The zero-order valence-corrected chi connectivity index (χ0v) is 16.1. The third-order valence-corrected chi connectivity index (χ3v) is 3.99. The van der Waals surface area contributed by atoms with Gasteiger partial charge in [-0.3, -0.25) is 4.79 Å². The van der Waals surface area contributed by atoms with Crippen LogP contribution in [0.5, 0.6) is 0 Å². The van der Waals surface area contributed by atoms with Crippen molar-refractivity contribution in [2.45, 2.75) is 19.7 Å². The number of amides is 1. The van der Waals surface area contributed by atoms with Crippen molar-refractivity contribution in [3.8, 4) is 0 Å². The summed E-state index contributed by atoms with van der Waals surface area (Å²) in [5.74, 6) is -0.439. The Morgan fingerprint density at radius 2 is 1.93 bits per heavy atom. The Hall–Kier alpha value is -3.36. The molecule has 0 saturated carbocycles. The second kappa shape index (κ2) is 9.72. The number of nitrogens with one attached hydrogen (secondary N) is 1. The van der Waals surface area contributed by atoms with Crippen molar-refractivity contribution in [3.05, 3.63) is 70.3 Å².